The summed E-state index contributed by atoms with van der Waals surface area (Å²) in [7, 11) is 0. The highest BCUT2D eigenvalue weighted by atomic mass is 19.4. The van der Waals surface area contributed by atoms with Gasteiger partial charge >= 0.3 is 6.18 Å². The number of hydrogen-bond acceptors (Lipinski definition) is 4. The predicted molar refractivity (Wildman–Crippen MR) is 127 cm³/mol. The fraction of sp³-hybridized carbons (Fsp3) is 0.308. The molecule has 9 heteroatoms. The van der Waals surface area contributed by atoms with E-state index in [1.807, 2.05) is 23.1 Å². The molecule has 1 aliphatic rings. The van der Waals surface area contributed by atoms with Gasteiger partial charge in [-0.25, -0.2) is 0 Å². The Hall–Kier alpha value is -3.75. The summed E-state index contributed by atoms with van der Waals surface area (Å²) in [5.41, 5.74) is 2.15. The maximum absolute atomic E-state index is 13.1. The van der Waals surface area contributed by atoms with Crippen molar-refractivity contribution in [1.82, 2.24) is 10.3 Å². The molecule has 0 saturated carbocycles. The molecule has 3 aromatic rings. The van der Waals surface area contributed by atoms with Crippen molar-refractivity contribution in [3.05, 3.63) is 87.8 Å². The Balaban J connectivity index is 1.65. The number of hydrogen-bond donors (Lipinski definition) is 2. The normalized spacial score (nSPS) is 15.4. The van der Waals surface area contributed by atoms with Crippen LogP contribution in [0.15, 0.2) is 65.6 Å². The second-order valence-electron chi connectivity index (χ2n) is 8.49. The lowest BCUT2D eigenvalue weighted by Crippen LogP contribution is -2.39. The highest BCUT2D eigenvalue weighted by Gasteiger charge is 2.32. The first kappa shape index (κ1) is 24.4. The van der Waals surface area contributed by atoms with Crippen LogP contribution in [0.1, 0.15) is 30.0 Å². The molecule has 1 amide bonds. The average Bonchev–Trinajstić information content (AvgIpc) is 2.85. The molecule has 6 nitrogen and oxygen atoms in total. The molecule has 0 spiro atoms. The molecule has 4 rings (SSSR count). The van der Waals surface area contributed by atoms with Gasteiger partial charge in [0.2, 0.25) is 11.5 Å². The third kappa shape index (κ3) is 5.85. The minimum absolute atomic E-state index is 0.0182. The Morgan fingerprint density at radius 1 is 1.17 bits per heavy atom. The number of fused-ring (bicyclic) bond motifs is 1. The predicted octanol–water partition coefficient (Wildman–Crippen LogP) is 4.81. The van der Waals surface area contributed by atoms with Crippen molar-refractivity contribution in [2.24, 2.45) is 5.92 Å². The van der Waals surface area contributed by atoms with Crippen LogP contribution in [0, 0.1) is 5.92 Å². The fourth-order valence-electron chi connectivity index (χ4n) is 4.19. The zero-order chi connectivity index (χ0) is 25.0. The molecule has 0 fully saturated rings. The third-order valence-corrected chi connectivity index (χ3v) is 5.98. The molecule has 0 radical (unpaired) electrons. The number of rotatable bonds is 7. The average molecular weight is 486 g/mol. The van der Waals surface area contributed by atoms with E-state index in [1.54, 1.807) is 19.2 Å². The minimum Gasteiger partial charge on any atom is -0.489 e. The molecule has 2 heterocycles. The zero-order valence-corrected chi connectivity index (χ0v) is 19.2. The quantitative estimate of drug-likeness (QED) is 0.504. The number of nitrogens with one attached hydrogen (secondary N) is 2. The summed E-state index contributed by atoms with van der Waals surface area (Å²) in [6.07, 6.45) is -1.86. The molecule has 1 atom stereocenters. The molecule has 1 unspecified atom stereocenters. The summed E-state index contributed by atoms with van der Waals surface area (Å²) in [4.78, 5) is 28.0. The summed E-state index contributed by atoms with van der Waals surface area (Å²) >= 11 is 0. The first-order valence-corrected chi connectivity index (χ1v) is 11.4. The largest absolute Gasteiger partial charge is 0.489 e. The van der Waals surface area contributed by atoms with Gasteiger partial charge in [0, 0.05) is 48.7 Å². The number of halogens is 3. The standard InChI is InChI=1S/C26H26F3N3O3/c1-2-24(33)31-14-18-12-21-22(32(15-18)20-8-6-19(7-9-20)26(27,28)29)4-3-5-23(21)35-16-17-10-11-30-25(34)13-17/h3-11,13,18H,2,12,14-16H2,1H3,(H,30,34)(H,31,33). The summed E-state index contributed by atoms with van der Waals surface area (Å²) in [5, 5.41) is 2.92. The van der Waals surface area contributed by atoms with Gasteiger partial charge in [0.15, 0.2) is 0 Å². The van der Waals surface area contributed by atoms with Gasteiger partial charge in [-0.3, -0.25) is 9.59 Å². The number of aromatic amines is 1. The number of ether oxygens (including phenoxy) is 1. The number of nitrogens with zero attached hydrogens (tertiary/aromatic N) is 1. The topological polar surface area (TPSA) is 74.4 Å². The van der Waals surface area contributed by atoms with Crippen LogP contribution in [-0.2, 0) is 24.0 Å². The van der Waals surface area contributed by atoms with Gasteiger partial charge in [0.25, 0.3) is 0 Å². The molecule has 1 aliphatic heterocycles. The molecular formula is C26H26F3N3O3. The van der Waals surface area contributed by atoms with Gasteiger partial charge in [0.05, 0.1) is 5.56 Å². The summed E-state index contributed by atoms with van der Waals surface area (Å²) in [6, 6.07) is 13.9. The Kier molecular flexibility index (Phi) is 7.14. The van der Waals surface area contributed by atoms with E-state index >= 15 is 0 Å². The number of pyridine rings is 1. The van der Waals surface area contributed by atoms with Gasteiger partial charge in [-0.1, -0.05) is 13.0 Å². The molecule has 35 heavy (non-hydrogen) atoms. The highest BCUT2D eigenvalue weighted by molar-refractivity contribution is 5.75. The van der Waals surface area contributed by atoms with E-state index in [1.165, 1.54) is 18.2 Å². The summed E-state index contributed by atoms with van der Waals surface area (Å²) in [5.74, 6) is 0.589. The maximum atomic E-state index is 13.1. The van der Waals surface area contributed by atoms with Gasteiger partial charge in [0.1, 0.15) is 12.4 Å². The number of alkyl halides is 3. The number of amides is 1. The first-order chi connectivity index (χ1) is 16.7. The Bertz CT molecular complexity index is 1240. The first-order valence-electron chi connectivity index (χ1n) is 11.4. The van der Waals surface area contributed by atoms with E-state index in [9.17, 15) is 22.8 Å². The van der Waals surface area contributed by atoms with Crippen LogP contribution in [-0.4, -0.2) is 24.0 Å². The number of anilines is 2. The van der Waals surface area contributed by atoms with E-state index in [4.69, 9.17) is 4.74 Å². The number of aromatic nitrogens is 1. The van der Waals surface area contributed by atoms with Crippen LogP contribution < -0.4 is 20.5 Å². The van der Waals surface area contributed by atoms with Crippen molar-refractivity contribution in [3.63, 3.8) is 0 Å². The van der Waals surface area contributed by atoms with Crippen molar-refractivity contribution >= 4 is 17.3 Å². The Morgan fingerprint density at radius 3 is 2.63 bits per heavy atom. The second kappa shape index (κ2) is 10.2. The van der Waals surface area contributed by atoms with Crippen LogP contribution >= 0.6 is 0 Å². The van der Waals surface area contributed by atoms with Crippen LogP contribution in [0.4, 0.5) is 24.5 Å². The van der Waals surface area contributed by atoms with E-state index in [0.717, 1.165) is 23.4 Å². The van der Waals surface area contributed by atoms with Gasteiger partial charge < -0.3 is 19.9 Å². The molecule has 2 aromatic carbocycles. The van der Waals surface area contributed by atoms with Gasteiger partial charge in [-0.15, -0.1) is 0 Å². The molecule has 0 aliphatic carbocycles. The lowest BCUT2D eigenvalue weighted by Gasteiger charge is -2.37. The SMILES string of the molecule is CCC(=O)NCC1Cc2c(OCc3cc[nH]c(=O)c3)cccc2N(c2ccc(C(F)(F)F)cc2)C1. The van der Waals surface area contributed by atoms with Crippen molar-refractivity contribution < 1.29 is 22.7 Å². The highest BCUT2D eigenvalue weighted by Crippen LogP contribution is 2.41. The van der Waals surface area contributed by atoms with Crippen LogP contribution in [0.3, 0.4) is 0 Å². The van der Waals surface area contributed by atoms with Gasteiger partial charge in [-0.2, -0.15) is 13.2 Å². The van der Waals surface area contributed by atoms with Gasteiger partial charge in [-0.05, 0) is 60.4 Å². The van der Waals surface area contributed by atoms with Crippen LogP contribution in [0.5, 0.6) is 5.75 Å². The number of carbonyl (C=O) groups excluding carboxylic acids is 1. The van der Waals surface area contributed by atoms with Crippen molar-refractivity contribution in [2.75, 3.05) is 18.0 Å². The van der Waals surface area contributed by atoms with Crippen LogP contribution in [0.25, 0.3) is 0 Å². The number of H-pyrrole nitrogens is 1. The second-order valence-corrected chi connectivity index (χ2v) is 8.49. The van der Waals surface area contributed by atoms with Crippen LogP contribution in [0.2, 0.25) is 0 Å². The molecule has 0 bridgehead atoms. The minimum atomic E-state index is -4.41. The fourth-order valence-corrected chi connectivity index (χ4v) is 4.19. The number of carbonyl (C=O) groups is 1. The molecule has 0 saturated heterocycles. The smallest absolute Gasteiger partial charge is 0.416 e. The third-order valence-electron chi connectivity index (χ3n) is 5.98. The van der Waals surface area contributed by atoms with Crippen molar-refractivity contribution in [3.8, 4) is 5.75 Å². The zero-order valence-electron chi connectivity index (χ0n) is 19.2. The van der Waals surface area contributed by atoms with E-state index in [2.05, 4.69) is 10.3 Å². The number of benzene rings is 2. The van der Waals surface area contributed by atoms with Crippen molar-refractivity contribution in [1.29, 1.82) is 0 Å². The molecule has 184 valence electrons. The molecular weight excluding hydrogens is 459 g/mol. The lowest BCUT2D eigenvalue weighted by molar-refractivity contribution is -0.137. The monoisotopic (exact) mass is 485 g/mol. The molecule has 2 N–H and O–H groups in total. The lowest BCUT2D eigenvalue weighted by atomic mass is 9.91. The summed E-state index contributed by atoms with van der Waals surface area (Å²) in [6.45, 7) is 2.93. The van der Waals surface area contributed by atoms with E-state index in [-0.39, 0.29) is 24.0 Å². The van der Waals surface area contributed by atoms with Crippen molar-refractivity contribution in [2.45, 2.75) is 32.5 Å². The van der Waals surface area contributed by atoms with E-state index < -0.39 is 11.7 Å². The Labute approximate surface area is 200 Å². The Morgan fingerprint density at radius 2 is 1.94 bits per heavy atom. The molecule has 1 aromatic heterocycles. The summed E-state index contributed by atoms with van der Waals surface area (Å²) < 4.78 is 45.3. The maximum Gasteiger partial charge on any atom is 0.416 e. The van der Waals surface area contributed by atoms with E-state index in [0.29, 0.717) is 42.9 Å².